The first kappa shape index (κ1) is 29.3. The number of nitriles is 1. The van der Waals surface area contributed by atoms with E-state index in [1.54, 1.807) is 0 Å². The molecule has 0 amide bonds. The molecule has 2 aromatic heterocycles. The predicted molar refractivity (Wildman–Crippen MR) is 225 cm³/mol. The number of aromatic nitrogens is 1. The lowest BCUT2D eigenvalue weighted by atomic mass is 9.33. The third-order valence-electron chi connectivity index (χ3n) is 11.8. The number of para-hydroxylation sites is 3. The fourth-order valence-corrected chi connectivity index (χ4v) is 10.8. The maximum Gasteiger partial charge on any atom is 0.252 e. The summed E-state index contributed by atoms with van der Waals surface area (Å²) in [6.07, 6.45) is 0. The van der Waals surface area contributed by atoms with Gasteiger partial charge in [-0.15, -0.1) is 11.3 Å². The Kier molecular flexibility index (Phi) is 5.52. The number of benzene rings is 7. The Morgan fingerprint density at radius 2 is 1.28 bits per heavy atom. The molecule has 0 saturated carbocycles. The first-order valence-electron chi connectivity index (χ1n) is 18.3. The number of hydrogen-bond acceptors (Lipinski definition) is 4. The average Bonchev–Trinajstić information content (AvgIpc) is 3.73. The summed E-state index contributed by atoms with van der Waals surface area (Å²) < 4.78 is 5.01. The first-order chi connectivity index (χ1) is 25.9. The van der Waals surface area contributed by atoms with Crippen LogP contribution in [0.25, 0.3) is 47.7 Å². The smallest absolute Gasteiger partial charge is 0.252 e. The van der Waals surface area contributed by atoms with Gasteiger partial charge in [-0.1, -0.05) is 99.6 Å². The molecule has 3 aliphatic heterocycles. The molecule has 0 saturated heterocycles. The Labute approximate surface area is 311 Å². The number of thiophene rings is 1. The third kappa shape index (κ3) is 3.65. The lowest BCUT2D eigenvalue weighted by Crippen LogP contribution is -2.62. The minimum absolute atomic E-state index is 0.0338. The largest absolute Gasteiger partial charge is 0.311 e. The molecule has 12 rings (SSSR count). The first-order valence-corrected chi connectivity index (χ1v) is 19.1. The monoisotopic (exact) mass is 694 g/mol. The predicted octanol–water partition coefficient (Wildman–Crippen LogP) is 10.7. The van der Waals surface area contributed by atoms with Gasteiger partial charge in [-0.3, -0.25) is 0 Å². The van der Waals surface area contributed by atoms with E-state index in [9.17, 15) is 5.26 Å². The van der Waals surface area contributed by atoms with E-state index >= 15 is 0 Å². The summed E-state index contributed by atoms with van der Waals surface area (Å²) in [5, 5.41) is 15.7. The van der Waals surface area contributed by atoms with Gasteiger partial charge < -0.3 is 14.4 Å². The van der Waals surface area contributed by atoms with Crippen molar-refractivity contribution in [1.82, 2.24) is 4.57 Å². The molecule has 0 spiro atoms. The summed E-state index contributed by atoms with van der Waals surface area (Å²) in [7, 11) is 0. The number of nitrogens with zero attached hydrogens (tertiary/aromatic N) is 4. The zero-order valence-corrected chi connectivity index (χ0v) is 30.3. The molecular weight excluding hydrogens is 663 g/mol. The van der Waals surface area contributed by atoms with Crippen molar-refractivity contribution < 1.29 is 0 Å². The van der Waals surface area contributed by atoms with Crippen LogP contribution in [-0.4, -0.2) is 11.3 Å². The molecule has 0 N–H and O–H groups in total. The molecule has 0 fully saturated rings. The summed E-state index contributed by atoms with van der Waals surface area (Å²) in [5.41, 5.74) is 16.1. The Bertz CT molecular complexity index is 3160. The van der Waals surface area contributed by atoms with Gasteiger partial charge in [-0.2, -0.15) is 5.26 Å². The normalized spacial score (nSPS) is 13.8. The highest BCUT2D eigenvalue weighted by Crippen LogP contribution is 2.53. The van der Waals surface area contributed by atoms with Gasteiger partial charge in [-0.05, 0) is 82.0 Å². The van der Waals surface area contributed by atoms with E-state index in [1.165, 1.54) is 75.3 Å². The molecule has 248 valence electrons. The van der Waals surface area contributed by atoms with Crippen molar-refractivity contribution in [2.45, 2.75) is 26.2 Å². The third-order valence-corrected chi connectivity index (χ3v) is 13.0. The van der Waals surface area contributed by atoms with E-state index in [2.05, 4.69) is 175 Å². The fraction of sp³-hybridized carbons (Fsp3) is 0.0851. The minimum Gasteiger partial charge on any atom is -0.311 e. The van der Waals surface area contributed by atoms with Crippen molar-refractivity contribution in [1.29, 1.82) is 5.26 Å². The maximum absolute atomic E-state index is 10.7. The van der Waals surface area contributed by atoms with E-state index in [1.807, 2.05) is 11.3 Å². The van der Waals surface area contributed by atoms with Crippen LogP contribution in [0.2, 0.25) is 0 Å². The zero-order valence-electron chi connectivity index (χ0n) is 29.5. The van der Waals surface area contributed by atoms with Gasteiger partial charge in [0.05, 0.1) is 45.4 Å². The molecule has 6 heteroatoms. The molecule has 5 heterocycles. The molecule has 7 aromatic carbocycles. The van der Waals surface area contributed by atoms with Crippen molar-refractivity contribution in [2.24, 2.45) is 0 Å². The lowest BCUT2D eigenvalue weighted by molar-refractivity contribution is 0.591. The Morgan fingerprint density at radius 3 is 2.13 bits per heavy atom. The summed E-state index contributed by atoms with van der Waals surface area (Å²) >= 11 is 1.84. The second-order valence-electron chi connectivity index (χ2n) is 15.7. The van der Waals surface area contributed by atoms with E-state index in [4.69, 9.17) is 0 Å². The summed E-state index contributed by atoms with van der Waals surface area (Å²) in [4.78, 5) is 4.94. The van der Waals surface area contributed by atoms with Gasteiger partial charge in [0, 0.05) is 48.0 Å². The summed E-state index contributed by atoms with van der Waals surface area (Å²) in [6.45, 7) is 6.88. The van der Waals surface area contributed by atoms with Crippen molar-refractivity contribution >= 4 is 111 Å². The summed E-state index contributed by atoms with van der Waals surface area (Å²) in [5.74, 6) is 0. The zero-order chi connectivity index (χ0) is 35.3. The van der Waals surface area contributed by atoms with E-state index in [-0.39, 0.29) is 12.1 Å². The SMILES string of the molecule is CC(C)(C)c1ccc2c(c1)B1c3cccc4c3N(c3cc(C#N)cc(c31)N2c1cccc2sc3ccccc3c12)c1cccc2c3ccccc3n-4c12. The minimum atomic E-state index is -0.0391. The molecule has 3 aliphatic rings. The quantitative estimate of drug-likeness (QED) is 0.161. The number of rotatable bonds is 1. The van der Waals surface area contributed by atoms with Gasteiger partial charge >= 0.3 is 0 Å². The van der Waals surface area contributed by atoms with Crippen LogP contribution >= 0.6 is 11.3 Å². The molecule has 0 radical (unpaired) electrons. The highest BCUT2D eigenvalue weighted by molar-refractivity contribution is 7.26. The second-order valence-corrected chi connectivity index (χ2v) is 16.7. The second kappa shape index (κ2) is 9.98. The topological polar surface area (TPSA) is 35.2 Å². The molecule has 0 aliphatic carbocycles. The van der Waals surface area contributed by atoms with Crippen LogP contribution in [-0.2, 0) is 5.41 Å². The molecule has 4 nitrogen and oxygen atoms in total. The molecule has 0 atom stereocenters. The van der Waals surface area contributed by atoms with Crippen LogP contribution in [0, 0.1) is 11.3 Å². The van der Waals surface area contributed by atoms with Gasteiger partial charge in [0.25, 0.3) is 6.71 Å². The fourth-order valence-electron chi connectivity index (χ4n) is 9.63. The van der Waals surface area contributed by atoms with E-state index in [0.717, 1.165) is 28.4 Å². The maximum atomic E-state index is 10.7. The van der Waals surface area contributed by atoms with Crippen LogP contribution in [0.4, 0.5) is 34.1 Å². The Balaban J connectivity index is 1.26. The van der Waals surface area contributed by atoms with Gasteiger partial charge in [0.2, 0.25) is 0 Å². The van der Waals surface area contributed by atoms with Gasteiger partial charge in [-0.25, -0.2) is 0 Å². The Morgan fingerprint density at radius 1 is 0.585 bits per heavy atom. The standard InChI is InChI=1S/C47H31BN4S/c1-47(2,3)28-21-22-35-33(25-28)48-32-14-9-18-38-46(32)52(37-17-8-13-30-29-11-4-6-15-34(29)51(38)45(30)37)40-24-27(26-49)23-39(44(40)48)50(35)36-16-10-20-42-43(36)31-12-5-7-19-41(31)53-42/h4-25H,1-3H3. The van der Waals surface area contributed by atoms with Gasteiger partial charge in [0.1, 0.15) is 0 Å². The molecular formula is C47H31BN4S. The molecule has 9 aromatic rings. The van der Waals surface area contributed by atoms with Crippen LogP contribution in [0.15, 0.2) is 133 Å². The van der Waals surface area contributed by atoms with Crippen molar-refractivity contribution in [3.8, 4) is 11.8 Å². The van der Waals surface area contributed by atoms with E-state index in [0.29, 0.717) is 5.56 Å². The van der Waals surface area contributed by atoms with Crippen LogP contribution in [0.5, 0.6) is 0 Å². The van der Waals surface area contributed by atoms with Crippen molar-refractivity contribution in [3.05, 3.63) is 145 Å². The average molecular weight is 695 g/mol. The number of anilines is 6. The van der Waals surface area contributed by atoms with Crippen LogP contribution in [0.1, 0.15) is 31.9 Å². The highest BCUT2D eigenvalue weighted by Gasteiger charge is 2.46. The highest BCUT2D eigenvalue weighted by atomic mass is 32.1. The number of hydrogen-bond donors (Lipinski definition) is 0. The number of fused-ring (bicyclic) bond motifs is 12. The van der Waals surface area contributed by atoms with E-state index < -0.39 is 0 Å². The van der Waals surface area contributed by atoms with Crippen molar-refractivity contribution in [2.75, 3.05) is 9.80 Å². The molecule has 0 bridgehead atoms. The van der Waals surface area contributed by atoms with Crippen molar-refractivity contribution in [3.63, 3.8) is 0 Å². The van der Waals surface area contributed by atoms with Crippen LogP contribution in [0.3, 0.4) is 0 Å². The molecule has 53 heavy (non-hydrogen) atoms. The Hall–Kier alpha value is -6.29. The van der Waals surface area contributed by atoms with Gasteiger partial charge in [0.15, 0.2) is 0 Å². The lowest BCUT2D eigenvalue weighted by Gasteiger charge is -2.46. The summed E-state index contributed by atoms with van der Waals surface area (Å²) in [6, 6.07) is 51.7. The molecule has 0 unspecified atom stereocenters. The van der Waals surface area contributed by atoms with Crippen LogP contribution < -0.4 is 26.2 Å².